The normalized spacial score (nSPS) is 18.2. The minimum absolute atomic E-state index is 0.201. The van der Waals surface area contributed by atoms with Crippen molar-refractivity contribution in [1.82, 2.24) is 5.32 Å². The van der Waals surface area contributed by atoms with Gasteiger partial charge in [-0.25, -0.2) is 0 Å². The van der Waals surface area contributed by atoms with Gasteiger partial charge in [-0.05, 0) is 38.3 Å². The van der Waals surface area contributed by atoms with Crippen LogP contribution in [0, 0.1) is 5.92 Å². The second-order valence-electron chi connectivity index (χ2n) is 4.76. The Morgan fingerprint density at radius 2 is 1.62 bits per heavy atom. The first kappa shape index (κ1) is 13.8. The molecule has 0 unspecified atom stereocenters. The lowest BCUT2D eigenvalue weighted by molar-refractivity contribution is -0.135. The molecular weight excluding hydrogens is 215 g/mol. The van der Waals surface area contributed by atoms with Crippen molar-refractivity contribution in [2.75, 3.05) is 13.1 Å². The molecule has 1 N–H and O–H groups in total. The molecule has 1 saturated carbocycles. The molecule has 0 aromatic heterocycles. The van der Waals surface area contributed by atoms with Crippen molar-refractivity contribution in [3.05, 3.63) is 0 Å². The smallest absolute Gasteiger partial charge is 0.317 e. The zero-order chi connectivity index (χ0) is 11.9. The predicted molar refractivity (Wildman–Crippen MR) is 59.4 cm³/mol. The van der Waals surface area contributed by atoms with Crippen LogP contribution in [0.2, 0.25) is 0 Å². The molecule has 1 aliphatic rings. The Balaban J connectivity index is 1.81. The van der Waals surface area contributed by atoms with Crippen molar-refractivity contribution >= 4 is 0 Å². The van der Waals surface area contributed by atoms with E-state index < -0.39 is 12.6 Å². The van der Waals surface area contributed by atoms with Crippen LogP contribution < -0.4 is 5.32 Å². The Kier molecular flexibility index (Phi) is 6.17. The van der Waals surface area contributed by atoms with Crippen molar-refractivity contribution < 1.29 is 13.2 Å². The Labute approximate surface area is 95.8 Å². The number of nitrogens with one attached hydrogen (secondary N) is 1. The van der Waals surface area contributed by atoms with E-state index in [1.807, 2.05) is 0 Å². The summed E-state index contributed by atoms with van der Waals surface area (Å²) in [5.41, 5.74) is 0. The van der Waals surface area contributed by atoms with Crippen molar-refractivity contribution in [3.63, 3.8) is 0 Å². The van der Waals surface area contributed by atoms with Gasteiger partial charge in [0.05, 0.1) is 0 Å². The zero-order valence-corrected chi connectivity index (χ0v) is 9.78. The van der Waals surface area contributed by atoms with E-state index in [-0.39, 0.29) is 6.42 Å². The van der Waals surface area contributed by atoms with Gasteiger partial charge in [0.15, 0.2) is 0 Å². The van der Waals surface area contributed by atoms with E-state index in [0.717, 1.165) is 18.9 Å². The van der Waals surface area contributed by atoms with E-state index in [2.05, 4.69) is 5.32 Å². The molecule has 0 atom stereocenters. The molecule has 0 aromatic rings. The maximum Gasteiger partial charge on any atom is 0.389 e. The second-order valence-corrected chi connectivity index (χ2v) is 4.76. The van der Waals surface area contributed by atoms with Gasteiger partial charge in [0.1, 0.15) is 0 Å². The lowest BCUT2D eigenvalue weighted by atomic mass is 10.0. The van der Waals surface area contributed by atoms with E-state index >= 15 is 0 Å². The Hall–Kier alpha value is -0.250. The number of hydrogen-bond acceptors (Lipinski definition) is 1. The molecule has 16 heavy (non-hydrogen) atoms. The van der Waals surface area contributed by atoms with Gasteiger partial charge < -0.3 is 5.32 Å². The molecule has 1 rings (SSSR count). The van der Waals surface area contributed by atoms with Gasteiger partial charge in [-0.1, -0.05) is 25.7 Å². The third-order valence-corrected chi connectivity index (χ3v) is 3.25. The molecule has 0 bridgehead atoms. The Morgan fingerprint density at radius 3 is 2.25 bits per heavy atom. The van der Waals surface area contributed by atoms with Crippen LogP contribution in [-0.4, -0.2) is 19.3 Å². The number of rotatable bonds is 7. The fourth-order valence-electron chi connectivity index (χ4n) is 2.35. The highest BCUT2D eigenvalue weighted by molar-refractivity contribution is 4.67. The van der Waals surface area contributed by atoms with Crippen molar-refractivity contribution in [2.24, 2.45) is 5.92 Å². The highest BCUT2D eigenvalue weighted by Gasteiger charge is 2.25. The Morgan fingerprint density at radius 1 is 1.00 bits per heavy atom. The minimum Gasteiger partial charge on any atom is -0.317 e. The molecule has 1 aliphatic carbocycles. The third-order valence-electron chi connectivity index (χ3n) is 3.25. The van der Waals surface area contributed by atoms with Crippen LogP contribution >= 0.6 is 0 Å². The van der Waals surface area contributed by atoms with Crippen molar-refractivity contribution in [1.29, 1.82) is 0 Å². The summed E-state index contributed by atoms with van der Waals surface area (Å²) in [4.78, 5) is 0. The lowest BCUT2D eigenvalue weighted by Gasteiger charge is -2.09. The van der Waals surface area contributed by atoms with Crippen LogP contribution in [0.15, 0.2) is 0 Å². The summed E-state index contributed by atoms with van der Waals surface area (Å²) in [5, 5.41) is 3.08. The first-order valence-corrected chi connectivity index (χ1v) is 6.35. The summed E-state index contributed by atoms with van der Waals surface area (Å²) in [7, 11) is 0. The SMILES string of the molecule is FC(F)(F)CCCNCCCC1CCCC1. The van der Waals surface area contributed by atoms with Crippen molar-refractivity contribution in [3.8, 4) is 0 Å². The quantitative estimate of drug-likeness (QED) is 0.662. The van der Waals surface area contributed by atoms with Crippen LogP contribution in [-0.2, 0) is 0 Å². The maximum atomic E-state index is 11.8. The Bertz CT molecular complexity index is 174. The highest BCUT2D eigenvalue weighted by Crippen LogP contribution is 2.28. The van der Waals surface area contributed by atoms with Gasteiger partial charge in [-0.2, -0.15) is 13.2 Å². The average Bonchev–Trinajstić information content (AvgIpc) is 2.67. The number of hydrogen-bond donors (Lipinski definition) is 1. The summed E-state index contributed by atoms with van der Waals surface area (Å²) in [5.74, 6) is 0.886. The van der Waals surface area contributed by atoms with Crippen molar-refractivity contribution in [2.45, 2.75) is 57.5 Å². The molecule has 4 heteroatoms. The molecule has 1 nitrogen and oxygen atoms in total. The summed E-state index contributed by atoms with van der Waals surface area (Å²) < 4.78 is 35.4. The predicted octanol–water partition coefficient (Wildman–Crippen LogP) is 3.89. The van der Waals surface area contributed by atoms with Crippen LogP contribution in [0.4, 0.5) is 13.2 Å². The van der Waals surface area contributed by atoms with Gasteiger partial charge in [0, 0.05) is 6.42 Å². The lowest BCUT2D eigenvalue weighted by Crippen LogP contribution is -2.19. The van der Waals surface area contributed by atoms with Crippen LogP contribution in [0.1, 0.15) is 51.4 Å². The summed E-state index contributed by atoms with van der Waals surface area (Å²) in [6.45, 7) is 1.36. The molecule has 0 aromatic carbocycles. The van der Waals surface area contributed by atoms with E-state index in [1.165, 1.54) is 32.1 Å². The molecular formula is C12H22F3N. The molecule has 0 spiro atoms. The van der Waals surface area contributed by atoms with E-state index in [9.17, 15) is 13.2 Å². The van der Waals surface area contributed by atoms with Crippen LogP contribution in [0.5, 0.6) is 0 Å². The fraction of sp³-hybridized carbons (Fsp3) is 1.00. The average molecular weight is 237 g/mol. The van der Waals surface area contributed by atoms with E-state index in [0.29, 0.717) is 6.54 Å². The molecule has 0 aliphatic heterocycles. The topological polar surface area (TPSA) is 12.0 Å². The second kappa shape index (κ2) is 7.15. The zero-order valence-electron chi connectivity index (χ0n) is 9.78. The van der Waals surface area contributed by atoms with Gasteiger partial charge in [-0.3, -0.25) is 0 Å². The number of halogens is 3. The first-order valence-electron chi connectivity index (χ1n) is 6.35. The highest BCUT2D eigenvalue weighted by atomic mass is 19.4. The van der Waals surface area contributed by atoms with E-state index in [4.69, 9.17) is 0 Å². The third kappa shape index (κ3) is 7.09. The van der Waals surface area contributed by atoms with Crippen LogP contribution in [0.25, 0.3) is 0 Å². The minimum atomic E-state index is -3.99. The maximum absolute atomic E-state index is 11.8. The van der Waals surface area contributed by atoms with Crippen LogP contribution in [0.3, 0.4) is 0 Å². The summed E-state index contributed by atoms with van der Waals surface area (Å²) in [6.07, 6.45) is 3.33. The standard InChI is InChI=1S/C12H22F3N/c13-12(14,15)8-4-10-16-9-3-7-11-5-1-2-6-11/h11,16H,1-10H2. The summed E-state index contributed by atoms with van der Waals surface area (Å²) >= 11 is 0. The summed E-state index contributed by atoms with van der Waals surface area (Å²) in [6, 6.07) is 0. The monoisotopic (exact) mass is 237 g/mol. The molecule has 0 radical (unpaired) electrons. The molecule has 0 amide bonds. The van der Waals surface area contributed by atoms with Gasteiger partial charge >= 0.3 is 6.18 Å². The van der Waals surface area contributed by atoms with Gasteiger partial charge in [0.25, 0.3) is 0 Å². The molecule has 1 fully saturated rings. The molecule has 0 saturated heterocycles. The van der Waals surface area contributed by atoms with Gasteiger partial charge in [0.2, 0.25) is 0 Å². The molecule has 96 valence electrons. The van der Waals surface area contributed by atoms with E-state index in [1.54, 1.807) is 0 Å². The first-order chi connectivity index (χ1) is 7.58. The fourth-order valence-corrected chi connectivity index (χ4v) is 2.35. The number of alkyl halides is 3. The molecule has 0 heterocycles. The largest absolute Gasteiger partial charge is 0.389 e. The van der Waals surface area contributed by atoms with Gasteiger partial charge in [-0.15, -0.1) is 0 Å².